The Hall–Kier alpha value is -3.00. The molecular weight excluding hydrogens is 374 g/mol. The van der Waals surface area contributed by atoms with Crippen molar-refractivity contribution in [1.82, 2.24) is 20.1 Å². The number of rotatable bonds is 6. The van der Waals surface area contributed by atoms with Gasteiger partial charge >= 0.3 is 0 Å². The highest BCUT2D eigenvalue weighted by atomic mass is 32.1. The fourth-order valence-electron chi connectivity index (χ4n) is 2.58. The first-order valence-electron chi connectivity index (χ1n) is 8.94. The lowest BCUT2D eigenvalue weighted by Crippen LogP contribution is -2.26. The van der Waals surface area contributed by atoms with E-state index in [1.54, 1.807) is 23.5 Å². The van der Waals surface area contributed by atoms with Crippen LogP contribution in [0.4, 0.5) is 0 Å². The summed E-state index contributed by atoms with van der Waals surface area (Å²) < 4.78 is 1.38. The fourth-order valence-corrected chi connectivity index (χ4v) is 3.60. The molecule has 0 unspecified atom stereocenters. The molecule has 3 aromatic rings. The van der Waals surface area contributed by atoms with Crippen molar-refractivity contribution in [2.45, 2.75) is 32.6 Å². The van der Waals surface area contributed by atoms with Crippen LogP contribution in [0.15, 0.2) is 41.8 Å². The van der Waals surface area contributed by atoms with Gasteiger partial charge in [-0.25, -0.2) is 9.67 Å². The molecule has 7 nitrogen and oxygen atoms in total. The monoisotopic (exact) mass is 397 g/mol. The lowest BCUT2D eigenvalue weighted by molar-refractivity contribution is 0.0947. The average Bonchev–Trinajstić information content (AvgIpc) is 3.29. The van der Waals surface area contributed by atoms with Crippen LogP contribution < -0.4 is 11.1 Å². The van der Waals surface area contributed by atoms with Crippen LogP contribution in [0.3, 0.4) is 0 Å². The summed E-state index contributed by atoms with van der Waals surface area (Å²) in [5.41, 5.74) is 7.46. The van der Waals surface area contributed by atoms with Crippen LogP contribution >= 0.6 is 11.3 Å². The van der Waals surface area contributed by atoms with Crippen molar-refractivity contribution in [3.63, 3.8) is 0 Å². The van der Waals surface area contributed by atoms with Gasteiger partial charge in [0.25, 0.3) is 11.8 Å². The Morgan fingerprint density at radius 1 is 1.21 bits per heavy atom. The molecule has 28 heavy (non-hydrogen) atoms. The molecule has 0 bridgehead atoms. The van der Waals surface area contributed by atoms with Gasteiger partial charge in [0.2, 0.25) is 0 Å². The first-order chi connectivity index (χ1) is 13.3. The van der Waals surface area contributed by atoms with Crippen LogP contribution in [0.1, 0.15) is 52.4 Å². The van der Waals surface area contributed by atoms with E-state index in [0.717, 1.165) is 10.7 Å². The Morgan fingerprint density at radius 2 is 1.93 bits per heavy atom. The van der Waals surface area contributed by atoms with Gasteiger partial charge in [0.1, 0.15) is 5.69 Å². The number of nitrogens with two attached hydrogens (primary N) is 1. The van der Waals surface area contributed by atoms with E-state index >= 15 is 0 Å². The van der Waals surface area contributed by atoms with Crippen molar-refractivity contribution >= 4 is 23.2 Å². The lowest BCUT2D eigenvalue weighted by atomic mass is 9.93. The summed E-state index contributed by atoms with van der Waals surface area (Å²) in [7, 11) is 0. The van der Waals surface area contributed by atoms with E-state index < -0.39 is 5.91 Å². The van der Waals surface area contributed by atoms with Crippen LogP contribution in [0.25, 0.3) is 5.69 Å². The maximum atomic E-state index is 12.5. The van der Waals surface area contributed by atoms with Crippen LogP contribution in [-0.2, 0) is 11.8 Å². The predicted octanol–water partition coefficient (Wildman–Crippen LogP) is 2.70. The standard InChI is InChI=1S/C20H23N5O2S/c1-20(2,3)16-12-28-17(23-16)9-10-22-19(27)14-11-15(18(21)26)25(24-14)13-7-5-4-6-8-13/h4-8,11-12H,9-10H2,1-3H3,(H2,21,26)(H,22,27). The van der Waals surface area contributed by atoms with Crippen molar-refractivity contribution in [3.8, 4) is 5.69 Å². The summed E-state index contributed by atoms with van der Waals surface area (Å²) in [5.74, 6) is -1.00. The predicted molar refractivity (Wildman–Crippen MR) is 109 cm³/mol. The van der Waals surface area contributed by atoms with Gasteiger partial charge in [0, 0.05) is 29.8 Å². The minimum atomic E-state index is -0.645. The summed E-state index contributed by atoms with van der Waals surface area (Å²) in [5, 5.41) is 10.1. The number of carbonyl (C=O) groups excluding carboxylic acids is 2. The lowest BCUT2D eigenvalue weighted by Gasteiger charge is -2.14. The van der Waals surface area contributed by atoms with Crippen LogP contribution in [0.5, 0.6) is 0 Å². The molecule has 2 aromatic heterocycles. The number of para-hydroxylation sites is 1. The highest BCUT2D eigenvalue weighted by Crippen LogP contribution is 2.23. The van der Waals surface area contributed by atoms with E-state index in [0.29, 0.717) is 18.7 Å². The molecule has 1 aromatic carbocycles. The molecule has 0 atom stereocenters. The maximum absolute atomic E-state index is 12.5. The molecule has 8 heteroatoms. The van der Waals surface area contributed by atoms with Gasteiger partial charge in [0.15, 0.2) is 5.69 Å². The van der Waals surface area contributed by atoms with Crippen molar-refractivity contribution in [1.29, 1.82) is 0 Å². The van der Waals surface area contributed by atoms with Crippen molar-refractivity contribution in [2.75, 3.05) is 6.54 Å². The molecule has 0 saturated carbocycles. The molecule has 3 rings (SSSR count). The van der Waals surface area contributed by atoms with Gasteiger partial charge in [-0.05, 0) is 12.1 Å². The Morgan fingerprint density at radius 3 is 2.54 bits per heavy atom. The van der Waals surface area contributed by atoms with E-state index in [1.807, 2.05) is 18.2 Å². The van der Waals surface area contributed by atoms with Crippen molar-refractivity contribution in [2.24, 2.45) is 5.73 Å². The first kappa shape index (κ1) is 19.8. The Kier molecular flexibility index (Phi) is 5.60. The minimum absolute atomic E-state index is 0.00737. The molecule has 0 aliphatic heterocycles. The highest BCUT2D eigenvalue weighted by molar-refractivity contribution is 7.09. The van der Waals surface area contributed by atoms with E-state index in [2.05, 4.69) is 41.6 Å². The quantitative estimate of drug-likeness (QED) is 0.667. The number of amides is 2. The third-order valence-electron chi connectivity index (χ3n) is 4.14. The molecule has 3 N–H and O–H groups in total. The number of primary amides is 1. The van der Waals surface area contributed by atoms with Gasteiger partial charge in [0.05, 0.1) is 16.4 Å². The van der Waals surface area contributed by atoms with Gasteiger partial charge in [-0.3, -0.25) is 9.59 Å². The Labute approximate surface area is 167 Å². The average molecular weight is 398 g/mol. The summed E-state index contributed by atoms with van der Waals surface area (Å²) >= 11 is 1.59. The second kappa shape index (κ2) is 7.93. The second-order valence-corrected chi connectivity index (χ2v) is 8.35. The molecule has 0 aliphatic rings. The zero-order valence-electron chi connectivity index (χ0n) is 16.1. The zero-order valence-corrected chi connectivity index (χ0v) is 16.9. The van der Waals surface area contributed by atoms with E-state index in [4.69, 9.17) is 5.73 Å². The Balaban J connectivity index is 1.68. The van der Waals surface area contributed by atoms with Gasteiger partial charge in [-0.15, -0.1) is 11.3 Å². The minimum Gasteiger partial charge on any atom is -0.364 e. The number of hydrogen-bond acceptors (Lipinski definition) is 5. The number of nitrogens with zero attached hydrogens (tertiary/aromatic N) is 3. The molecule has 0 aliphatic carbocycles. The summed E-state index contributed by atoms with van der Waals surface area (Å²) in [6, 6.07) is 10.5. The van der Waals surface area contributed by atoms with Gasteiger partial charge in [-0.2, -0.15) is 5.10 Å². The summed E-state index contributed by atoms with van der Waals surface area (Å²) in [6.45, 7) is 6.78. The van der Waals surface area contributed by atoms with Crippen LogP contribution in [0.2, 0.25) is 0 Å². The number of carbonyl (C=O) groups is 2. The highest BCUT2D eigenvalue weighted by Gasteiger charge is 2.19. The summed E-state index contributed by atoms with van der Waals surface area (Å²) in [6.07, 6.45) is 0.633. The van der Waals surface area contributed by atoms with Crippen molar-refractivity contribution in [3.05, 3.63) is 63.9 Å². The smallest absolute Gasteiger partial charge is 0.271 e. The third-order valence-corrected chi connectivity index (χ3v) is 5.05. The van der Waals surface area contributed by atoms with Gasteiger partial charge < -0.3 is 11.1 Å². The van der Waals surface area contributed by atoms with Gasteiger partial charge in [-0.1, -0.05) is 39.0 Å². The van der Waals surface area contributed by atoms with E-state index in [1.165, 1.54) is 10.7 Å². The molecule has 0 spiro atoms. The molecule has 0 fully saturated rings. The summed E-state index contributed by atoms with van der Waals surface area (Å²) in [4.78, 5) is 28.8. The number of nitrogens with one attached hydrogen (secondary N) is 1. The molecule has 0 radical (unpaired) electrons. The topological polar surface area (TPSA) is 103 Å². The number of benzene rings is 1. The van der Waals surface area contributed by atoms with Crippen LogP contribution in [-0.4, -0.2) is 33.1 Å². The van der Waals surface area contributed by atoms with Crippen molar-refractivity contribution < 1.29 is 9.59 Å². The third kappa shape index (κ3) is 4.45. The van der Waals surface area contributed by atoms with Crippen LogP contribution in [0, 0.1) is 0 Å². The largest absolute Gasteiger partial charge is 0.364 e. The number of hydrogen-bond donors (Lipinski definition) is 2. The molecule has 2 amide bonds. The second-order valence-electron chi connectivity index (χ2n) is 7.41. The Bertz CT molecular complexity index is 986. The SMILES string of the molecule is CC(C)(C)c1csc(CCNC(=O)c2cc(C(N)=O)n(-c3ccccc3)n2)n1. The normalized spacial score (nSPS) is 11.4. The zero-order chi connectivity index (χ0) is 20.3. The molecule has 2 heterocycles. The molecular formula is C20H23N5O2S. The van der Waals surface area contributed by atoms with E-state index in [-0.39, 0.29) is 22.7 Å². The first-order valence-corrected chi connectivity index (χ1v) is 9.82. The molecule has 0 saturated heterocycles. The molecule has 146 valence electrons. The van der Waals surface area contributed by atoms with E-state index in [9.17, 15) is 9.59 Å². The fraction of sp³-hybridized carbons (Fsp3) is 0.300. The number of thiazole rings is 1. The maximum Gasteiger partial charge on any atom is 0.271 e. The number of aromatic nitrogens is 3.